The largest absolute Gasteiger partial charge is 0.497 e. The number of carbonyl (C=O) groups is 1. The van der Waals surface area contributed by atoms with Crippen LogP contribution in [0.2, 0.25) is 0 Å². The van der Waals surface area contributed by atoms with E-state index in [9.17, 15) is 4.79 Å². The number of aromatic nitrogens is 2. The molecule has 2 aromatic rings. The fourth-order valence-corrected chi connectivity index (χ4v) is 1.42. The number of hydrogen-bond donors (Lipinski definition) is 1. The molecule has 6 nitrogen and oxygen atoms in total. The molecule has 0 aliphatic rings. The number of methoxy groups -OCH3 is 1. The van der Waals surface area contributed by atoms with Crippen molar-refractivity contribution in [3.8, 4) is 5.75 Å². The standard InChI is InChI=1S/C13H13N3O3/c1-18-11-4-2-3-10(7-11)8-19-13(17)16-12-5-6-14-9-15-12/h2-7,9H,8H2,1H3,(H,14,15,16,17). The van der Waals surface area contributed by atoms with Gasteiger partial charge in [-0.3, -0.25) is 5.32 Å². The monoisotopic (exact) mass is 259 g/mol. The summed E-state index contributed by atoms with van der Waals surface area (Å²) in [7, 11) is 1.59. The number of ether oxygens (including phenoxy) is 2. The molecule has 1 N–H and O–H groups in total. The zero-order chi connectivity index (χ0) is 13.5. The summed E-state index contributed by atoms with van der Waals surface area (Å²) in [6.45, 7) is 0.161. The van der Waals surface area contributed by atoms with E-state index in [2.05, 4.69) is 15.3 Å². The number of amides is 1. The van der Waals surface area contributed by atoms with E-state index in [1.54, 1.807) is 19.2 Å². The number of anilines is 1. The summed E-state index contributed by atoms with van der Waals surface area (Å²) < 4.78 is 10.1. The molecule has 0 fully saturated rings. The van der Waals surface area contributed by atoms with E-state index in [0.717, 1.165) is 11.3 Å². The molecular weight excluding hydrogens is 246 g/mol. The highest BCUT2D eigenvalue weighted by molar-refractivity contribution is 5.83. The molecule has 98 valence electrons. The van der Waals surface area contributed by atoms with Crippen molar-refractivity contribution in [2.45, 2.75) is 6.61 Å². The van der Waals surface area contributed by atoms with Crippen molar-refractivity contribution in [1.29, 1.82) is 0 Å². The van der Waals surface area contributed by atoms with Crippen molar-refractivity contribution in [2.24, 2.45) is 0 Å². The molecule has 0 saturated heterocycles. The summed E-state index contributed by atoms with van der Waals surface area (Å²) in [5, 5.41) is 2.50. The van der Waals surface area contributed by atoms with Crippen LogP contribution in [0, 0.1) is 0 Å². The Morgan fingerprint density at radius 2 is 2.26 bits per heavy atom. The Morgan fingerprint density at radius 3 is 3.00 bits per heavy atom. The van der Waals surface area contributed by atoms with Crippen molar-refractivity contribution in [2.75, 3.05) is 12.4 Å². The maximum atomic E-state index is 11.5. The number of rotatable bonds is 4. The molecule has 1 aromatic carbocycles. The third-order valence-electron chi connectivity index (χ3n) is 2.32. The molecule has 0 unspecified atom stereocenters. The van der Waals surface area contributed by atoms with Gasteiger partial charge in [0.2, 0.25) is 0 Å². The SMILES string of the molecule is COc1cccc(COC(=O)Nc2ccncn2)c1. The first kappa shape index (κ1) is 12.8. The molecule has 0 bridgehead atoms. The predicted molar refractivity (Wildman–Crippen MR) is 68.8 cm³/mol. The van der Waals surface area contributed by atoms with Crippen molar-refractivity contribution in [3.63, 3.8) is 0 Å². The molecular formula is C13H13N3O3. The van der Waals surface area contributed by atoms with Gasteiger partial charge in [0.25, 0.3) is 0 Å². The number of carbonyl (C=O) groups excluding carboxylic acids is 1. The first-order valence-corrected chi connectivity index (χ1v) is 5.60. The lowest BCUT2D eigenvalue weighted by molar-refractivity contribution is 0.155. The van der Waals surface area contributed by atoms with Gasteiger partial charge in [0.15, 0.2) is 0 Å². The second kappa shape index (κ2) is 6.34. The molecule has 0 atom stereocenters. The van der Waals surface area contributed by atoms with Crippen molar-refractivity contribution >= 4 is 11.9 Å². The van der Waals surface area contributed by atoms with E-state index in [1.807, 2.05) is 18.2 Å². The predicted octanol–water partition coefficient (Wildman–Crippen LogP) is 2.23. The molecule has 1 aromatic heterocycles. The highest BCUT2D eigenvalue weighted by atomic mass is 16.5. The van der Waals surface area contributed by atoms with Crippen molar-refractivity contribution in [1.82, 2.24) is 9.97 Å². The maximum absolute atomic E-state index is 11.5. The van der Waals surface area contributed by atoms with E-state index in [-0.39, 0.29) is 6.61 Å². The van der Waals surface area contributed by atoms with Gasteiger partial charge in [-0.05, 0) is 23.8 Å². The molecule has 2 rings (SSSR count). The smallest absolute Gasteiger partial charge is 0.413 e. The second-order valence-electron chi connectivity index (χ2n) is 3.65. The van der Waals surface area contributed by atoms with E-state index in [4.69, 9.17) is 9.47 Å². The topological polar surface area (TPSA) is 73.3 Å². The summed E-state index contributed by atoms with van der Waals surface area (Å²) in [6.07, 6.45) is 2.31. The average Bonchev–Trinajstić information content (AvgIpc) is 2.46. The van der Waals surface area contributed by atoms with Gasteiger partial charge in [-0.1, -0.05) is 12.1 Å². The van der Waals surface area contributed by atoms with Gasteiger partial charge in [-0.2, -0.15) is 0 Å². The Balaban J connectivity index is 1.86. The molecule has 0 radical (unpaired) electrons. The van der Waals surface area contributed by atoms with Crippen LogP contribution in [-0.2, 0) is 11.3 Å². The Hall–Kier alpha value is -2.63. The average molecular weight is 259 g/mol. The maximum Gasteiger partial charge on any atom is 0.413 e. The Labute approximate surface area is 110 Å². The Kier molecular flexibility index (Phi) is 4.28. The summed E-state index contributed by atoms with van der Waals surface area (Å²) in [5.41, 5.74) is 0.845. The van der Waals surface area contributed by atoms with Crippen LogP contribution in [0.4, 0.5) is 10.6 Å². The van der Waals surface area contributed by atoms with Crippen LogP contribution in [0.3, 0.4) is 0 Å². The molecule has 0 saturated carbocycles. The molecule has 0 aliphatic heterocycles. The molecule has 1 heterocycles. The molecule has 0 aliphatic carbocycles. The highest BCUT2D eigenvalue weighted by Gasteiger charge is 2.04. The van der Waals surface area contributed by atoms with E-state index >= 15 is 0 Å². The van der Waals surface area contributed by atoms with Crippen LogP contribution in [0.5, 0.6) is 5.75 Å². The van der Waals surface area contributed by atoms with Gasteiger partial charge < -0.3 is 9.47 Å². The number of nitrogens with zero attached hydrogens (tertiary/aromatic N) is 2. The van der Waals surface area contributed by atoms with E-state index in [1.165, 1.54) is 12.5 Å². The summed E-state index contributed by atoms with van der Waals surface area (Å²) in [6, 6.07) is 8.88. The van der Waals surface area contributed by atoms with Gasteiger partial charge in [-0.25, -0.2) is 14.8 Å². The summed E-state index contributed by atoms with van der Waals surface area (Å²) in [4.78, 5) is 19.1. The first-order chi connectivity index (χ1) is 9.28. The van der Waals surface area contributed by atoms with Gasteiger partial charge in [0.1, 0.15) is 24.5 Å². The van der Waals surface area contributed by atoms with Crippen molar-refractivity contribution < 1.29 is 14.3 Å². The van der Waals surface area contributed by atoms with Gasteiger partial charge in [0.05, 0.1) is 7.11 Å². The quantitative estimate of drug-likeness (QED) is 0.911. The van der Waals surface area contributed by atoms with E-state index < -0.39 is 6.09 Å². The van der Waals surface area contributed by atoms with Gasteiger partial charge in [-0.15, -0.1) is 0 Å². The van der Waals surface area contributed by atoms with Crippen LogP contribution in [0.25, 0.3) is 0 Å². The summed E-state index contributed by atoms with van der Waals surface area (Å²) >= 11 is 0. The third-order valence-corrected chi connectivity index (χ3v) is 2.32. The molecule has 19 heavy (non-hydrogen) atoms. The molecule has 6 heteroatoms. The van der Waals surface area contributed by atoms with Crippen LogP contribution in [0.15, 0.2) is 42.9 Å². The van der Waals surface area contributed by atoms with Gasteiger partial charge in [0, 0.05) is 6.20 Å². The normalized spacial score (nSPS) is 9.74. The molecule has 0 spiro atoms. The zero-order valence-electron chi connectivity index (χ0n) is 10.4. The first-order valence-electron chi connectivity index (χ1n) is 5.60. The third kappa shape index (κ3) is 3.95. The minimum Gasteiger partial charge on any atom is -0.497 e. The zero-order valence-corrected chi connectivity index (χ0v) is 10.4. The van der Waals surface area contributed by atoms with Crippen LogP contribution < -0.4 is 10.1 Å². The summed E-state index contributed by atoms with van der Waals surface area (Å²) in [5.74, 6) is 1.11. The number of hydrogen-bond acceptors (Lipinski definition) is 5. The van der Waals surface area contributed by atoms with Crippen LogP contribution in [0.1, 0.15) is 5.56 Å². The fraction of sp³-hybridized carbons (Fsp3) is 0.154. The lowest BCUT2D eigenvalue weighted by atomic mass is 10.2. The number of benzene rings is 1. The highest BCUT2D eigenvalue weighted by Crippen LogP contribution is 2.13. The van der Waals surface area contributed by atoms with Crippen molar-refractivity contribution in [3.05, 3.63) is 48.4 Å². The Bertz CT molecular complexity index is 546. The van der Waals surface area contributed by atoms with E-state index in [0.29, 0.717) is 5.82 Å². The molecule has 1 amide bonds. The van der Waals surface area contributed by atoms with Crippen LogP contribution >= 0.6 is 0 Å². The lowest BCUT2D eigenvalue weighted by Gasteiger charge is -2.07. The van der Waals surface area contributed by atoms with Gasteiger partial charge >= 0.3 is 6.09 Å². The second-order valence-corrected chi connectivity index (χ2v) is 3.65. The minimum atomic E-state index is -0.568. The minimum absolute atomic E-state index is 0.161. The number of nitrogens with one attached hydrogen (secondary N) is 1. The lowest BCUT2D eigenvalue weighted by Crippen LogP contribution is -2.14. The fourth-order valence-electron chi connectivity index (χ4n) is 1.42. The Morgan fingerprint density at radius 1 is 1.37 bits per heavy atom. The van der Waals surface area contributed by atoms with Crippen LogP contribution in [-0.4, -0.2) is 23.2 Å².